The van der Waals surface area contributed by atoms with E-state index >= 15 is 0 Å². The SMILES string of the molecule is CCOC(=O)C1(C)CC2CC1C1C3CC(C21)C1C2CC(C4C5C=CC(C5)C24)C31. The van der Waals surface area contributed by atoms with E-state index in [2.05, 4.69) is 19.1 Å². The summed E-state index contributed by atoms with van der Waals surface area (Å²) in [6, 6.07) is 0. The first-order valence-corrected chi connectivity index (χ1v) is 12.5. The van der Waals surface area contributed by atoms with Gasteiger partial charge in [0.2, 0.25) is 0 Å². The summed E-state index contributed by atoms with van der Waals surface area (Å²) in [6.07, 6.45) is 12.3. The number of carbonyl (C=O) groups excluding carboxylic acids is 1. The van der Waals surface area contributed by atoms with Crippen molar-refractivity contribution in [3.8, 4) is 0 Å². The highest BCUT2D eigenvalue weighted by Gasteiger charge is 2.77. The van der Waals surface area contributed by atoms with Crippen LogP contribution in [0.2, 0.25) is 0 Å². The van der Waals surface area contributed by atoms with Crippen molar-refractivity contribution in [2.24, 2.45) is 88.3 Å². The maximum absolute atomic E-state index is 12.9. The van der Waals surface area contributed by atoms with Crippen LogP contribution in [0.4, 0.5) is 0 Å². The molecule has 0 aromatic carbocycles. The maximum Gasteiger partial charge on any atom is 0.312 e. The Morgan fingerprint density at radius 3 is 2.11 bits per heavy atom. The van der Waals surface area contributed by atoms with Crippen LogP contribution in [0.15, 0.2) is 12.2 Å². The molecule has 8 rings (SSSR count). The zero-order valence-electron chi connectivity index (χ0n) is 17.3. The molecule has 0 amide bonds. The number of fused-ring (bicyclic) bond motifs is 23. The molecule has 2 nitrogen and oxygen atoms in total. The van der Waals surface area contributed by atoms with Gasteiger partial charge in [-0.1, -0.05) is 12.2 Å². The molecule has 2 heteroatoms. The van der Waals surface area contributed by atoms with Crippen molar-refractivity contribution in [2.45, 2.75) is 46.0 Å². The van der Waals surface area contributed by atoms with Crippen LogP contribution in [0.25, 0.3) is 0 Å². The van der Waals surface area contributed by atoms with Crippen molar-refractivity contribution in [3.63, 3.8) is 0 Å². The zero-order chi connectivity index (χ0) is 18.5. The van der Waals surface area contributed by atoms with Gasteiger partial charge in [-0.15, -0.1) is 0 Å². The van der Waals surface area contributed by atoms with E-state index in [1.807, 2.05) is 6.92 Å². The Morgan fingerprint density at radius 1 is 0.857 bits per heavy atom. The van der Waals surface area contributed by atoms with Crippen molar-refractivity contribution in [1.82, 2.24) is 0 Å². The van der Waals surface area contributed by atoms with E-state index in [0.29, 0.717) is 12.5 Å². The van der Waals surface area contributed by atoms with Crippen molar-refractivity contribution < 1.29 is 9.53 Å². The second kappa shape index (κ2) is 4.75. The third-order valence-corrected chi connectivity index (χ3v) is 12.3. The van der Waals surface area contributed by atoms with Gasteiger partial charge in [0.1, 0.15) is 0 Å². The summed E-state index contributed by atoms with van der Waals surface area (Å²) in [6.45, 7) is 4.78. The number of hydrogen-bond acceptors (Lipinski definition) is 2. The van der Waals surface area contributed by atoms with E-state index in [9.17, 15) is 4.79 Å². The van der Waals surface area contributed by atoms with Gasteiger partial charge in [-0.25, -0.2) is 0 Å². The Hall–Kier alpha value is -0.790. The minimum absolute atomic E-state index is 0.131. The summed E-state index contributed by atoms with van der Waals surface area (Å²) < 4.78 is 5.59. The summed E-state index contributed by atoms with van der Waals surface area (Å²) in [4.78, 5) is 12.9. The van der Waals surface area contributed by atoms with Crippen LogP contribution in [-0.2, 0) is 9.53 Å². The molecule has 0 aliphatic heterocycles. The Kier molecular flexibility index (Phi) is 2.71. The average molecular weight is 379 g/mol. The highest BCUT2D eigenvalue weighted by Crippen LogP contribution is 2.82. The molecule has 15 atom stereocenters. The van der Waals surface area contributed by atoms with E-state index in [-0.39, 0.29) is 11.4 Å². The minimum Gasteiger partial charge on any atom is -0.466 e. The number of rotatable bonds is 2. The van der Waals surface area contributed by atoms with Crippen LogP contribution < -0.4 is 0 Å². The molecule has 8 bridgehead atoms. The Labute approximate surface area is 168 Å². The van der Waals surface area contributed by atoms with Crippen molar-refractivity contribution in [1.29, 1.82) is 0 Å². The molecule has 0 aromatic heterocycles. The number of esters is 1. The van der Waals surface area contributed by atoms with Gasteiger partial charge >= 0.3 is 5.97 Å². The van der Waals surface area contributed by atoms with Gasteiger partial charge in [-0.3, -0.25) is 4.79 Å². The molecule has 8 aliphatic carbocycles. The molecule has 0 spiro atoms. The molecule has 0 aromatic rings. The van der Waals surface area contributed by atoms with Gasteiger partial charge in [-0.05, 0) is 129 Å². The van der Waals surface area contributed by atoms with Crippen LogP contribution in [-0.4, -0.2) is 12.6 Å². The van der Waals surface area contributed by atoms with Crippen LogP contribution in [0.3, 0.4) is 0 Å². The molecule has 150 valence electrons. The molecule has 0 N–H and O–H groups in total. The topological polar surface area (TPSA) is 26.3 Å². The molecule has 7 fully saturated rings. The number of allylic oxidation sites excluding steroid dienone is 2. The van der Waals surface area contributed by atoms with E-state index in [0.717, 1.165) is 83.4 Å². The van der Waals surface area contributed by atoms with Gasteiger partial charge in [0, 0.05) is 0 Å². The average Bonchev–Trinajstić information content (AvgIpc) is 3.51. The molecule has 0 heterocycles. The van der Waals surface area contributed by atoms with Gasteiger partial charge in [-0.2, -0.15) is 0 Å². The second-order valence-corrected chi connectivity index (χ2v) is 12.5. The lowest BCUT2D eigenvalue weighted by molar-refractivity contribution is -0.162. The standard InChI is InChI=1S/C26H34O2/c1-3-28-25(27)26(2)10-13-7-18(26)24-17-9-16(21(13)24)22-14-8-15(23(17)22)20-12-5-4-11(6-12)19(14)20/h4-5,11-24H,3,6-10H2,1-2H3. The number of carbonyl (C=O) groups is 1. The third-order valence-electron chi connectivity index (χ3n) is 12.3. The molecule has 8 aliphatic rings. The van der Waals surface area contributed by atoms with E-state index in [1.54, 1.807) is 6.42 Å². The summed E-state index contributed by atoms with van der Waals surface area (Å²) in [5, 5.41) is 0. The predicted molar refractivity (Wildman–Crippen MR) is 106 cm³/mol. The molecule has 0 radical (unpaired) electrons. The van der Waals surface area contributed by atoms with Gasteiger partial charge in [0.15, 0.2) is 0 Å². The highest BCUT2D eigenvalue weighted by atomic mass is 16.5. The summed E-state index contributed by atoms with van der Waals surface area (Å²) >= 11 is 0. The minimum atomic E-state index is -0.170. The fraction of sp³-hybridized carbons (Fsp3) is 0.885. The first-order valence-electron chi connectivity index (χ1n) is 12.5. The first kappa shape index (κ1) is 16.0. The summed E-state index contributed by atoms with van der Waals surface area (Å²) in [7, 11) is 0. The number of ether oxygens (including phenoxy) is 1. The fourth-order valence-corrected chi connectivity index (χ4v) is 12.4. The molecular formula is C26H34O2. The van der Waals surface area contributed by atoms with E-state index in [4.69, 9.17) is 4.74 Å². The largest absolute Gasteiger partial charge is 0.466 e. The molecular weight excluding hydrogens is 344 g/mol. The van der Waals surface area contributed by atoms with Gasteiger partial charge in [0.25, 0.3) is 0 Å². The Balaban J connectivity index is 1.16. The normalized spacial score (nSPS) is 67.9. The molecule has 28 heavy (non-hydrogen) atoms. The third kappa shape index (κ3) is 1.47. The van der Waals surface area contributed by atoms with Gasteiger partial charge < -0.3 is 4.74 Å². The Morgan fingerprint density at radius 2 is 1.46 bits per heavy atom. The molecule has 0 saturated heterocycles. The zero-order valence-corrected chi connectivity index (χ0v) is 17.3. The van der Waals surface area contributed by atoms with Crippen molar-refractivity contribution in [2.75, 3.05) is 6.61 Å². The van der Waals surface area contributed by atoms with Gasteiger partial charge in [0.05, 0.1) is 12.0 Å². The molecule has 15 unspecified atom stereocenters. The lowest BCUT2D eigenvalue weighted by atomic mass is 9.53. The number of hydrogen-bond donors (Lipinski definition) is 0. The summed E-state index contributed by atoms with van der Waals surface area (Å²) in [5.41, 5.74) is -0.170. The highest BCUT2D eigenvalue weighted by molar-refractivity contribution is 5.77. The van der Waals surface area contributed by atoms with E-state index in [1.165, 1.54) is 19.3 Å². The predicted octanol–water partition coefficient (Wildman–Crippen LogP) is 4.80. The maximum atomic E-state index is 12.9. The van der Waals surface area contributed by atoms with Crippen molar-refractivity contribution >= 4 is 5.97 Å². The second-order valence-electron chi connectivity index (χ2n) is 12.5. The summed E-state index contributed by atoms with van der Waals surface area (Å²) in [5.74, 6) is 13.7. The monoisotopic (exact) mass is 378 g/mol. The molecule has 7 saturated carbocycles. The van der Waals surface area contributed by atoms with Crippen LogP contribution >= 0.6 is 0 Å². The smallest absolute Gasteiger partial charge is 0.312 e. The lowest BCUT2D eigenvalue weighted by Crippen LogP contribution is -2.50. The van der Waals surface area contributed by atoms with E-state index < -0.39 is 0 Å². The lowest BCUT2D eigenvalue weighted by Gasteiger charge is -2.52. The van der Waals surface area contributed by atoms with Crippen LogP contribution in [0.1, 0.15) is 46.0 Å². The Bertz CT molecular complexity index is 800. The van der Waals surface area contributed by atoms with Crippen molar-refractivity contribution in [3.05, 3.63) is 12.2 Å². The van der Waals surface area contributed by atoms with Crippen LogP contribution in [0.5, 0.6) is 0 Å². The van der Waals surface area contributed by atoms with Crippen LogP contribution in [0, 0.1) is 88.3 Å². The quantitative estimate of drug-likeness (QED) is 0.392. The first-order chi connectivity index (χ1) is 13.6. The fourth-order valence-electron chi connectivity index (χ4n) is 12.4.